The molecule has 0 unspecified atom stereocenters. The zero-order chi connectivity index (χ0) is 12.1. The highest BCUT2D eigenvalue weighted by Crippen LogP contribution is 2.60. The van der Waals surface area contributed by atoms with Gasteiger partial charge >= 0.3 is 17.8 Å². The molecule has 0 radical (unpaired) electrons. The van der Waals surface area contributed by atoms with Gasteiger partial charge in [-0.2, -0.15) is 26.3 Å². The SMILES string of the molecule is CCC1=C(CC)C(F)(F)C(F)(F)C1(F)F. The van der Waals surface area contributed by atoms with Crippen molar-refractivity contribution in [2.45, 2.75) is 44.5 Å². The van der Waals surface area contributed by atoms with Crippen molar-refractivity contribution in [3.05, 3.63) is 11.1 Å². The number of halogens is 6. The van der Waals surface area contributed by atoms with Crippen LogP contribution in [0, 0.1) is 0 Å². The number of alkyl halides is 6. The van der Waals surface area contributed by atoms with Gasteiger partial charge < -0.3 is 0 Å². The second-order valence-electron chi connectivity index (χ2n) is 3.39. The Balaban J connectivity index is 3.43. The molecule has 0 aliphatic heterocycles. The van der Waals surface area contributed by atoms with Crippen LogP contribution in [0.1, 0.15) is 26.7 Å². The van der Waals surface area contributed by atoms with E-state index in [1.54, 1.807) is 0 Å². The minimum Gasteiger partial charge on any atom is -0.194 e. The Bertz CT molecular complexity index is 274. The first kappa shape index (κ1) is 12.4. The molecule has 1 aliphatic carbocycles. The normalized spacial score (nSPS) is 27.2. The molecule has 88 valence electrons. The van der Waals surface area contributed by atoms with Crippen molar-refractivity contribution in [3.8, 4) is 0 Å². The van der Waals surface area contributed by atoms with E-state index in [1.807, 2.05) is 0 Å². The molecule has 0 bridgehead atoms. The van der Waals surface area contributed by atoms with Gasteiger partial charge in [-0.25, -0.2) is 0 Å². The van der Waals surface area contributed by atoms with Crippen LogP contribution in [-0.4, -0.2) is 17.8 Å². The summed E-state index contributed by atoms with van der Waals surface area (Å²) in [6, 6.07) is 0. The molecule has 0 amide bonds. The first-order chi connectivity index (χ1) is 6.64. The van der Waals surface area contributed by atoms with E-state index in [1.165, 1.54) is 0 Å². The van der Waals surface area contributed by atoms with Crippen LogP contribution in [0.25, 0.3) is 0 Å². The summed E-state index contributed by atoms with van der Waals surface area (Å²) in [5.41, 5.74) is -2.25. The van der Waals surface area contributed by atoms with Gasteiger partial charge in [-0.3, -0.25) is 0 Å². The van der Waals surface area contributed by atoms with Crippen molar-refractivity contribution in [1.82, 2.24) is 0 Å². The van der Waals surface area contributed by atoms with E-state index in [-0.39, 0.29) is 0 Å². The van der Waals surface area contributed by atoms with Crippen LogP contribution in [0.15, 0.2) is 11.1 Å². The topological polar surface area (TPSA) is 0 Å². The van der Waals surface area contributed by atoms with Gasteiger partial charge in [-0.15, -0.1) is 0 Å². The molecular formula is C9H10F6. The number of hydrogen-bond donors (Lipinski definition) is 0. The molecule has 6 heteroatoms. The Kier molecular flexibility index (Phi) is 2.60. The molecule has 15 heavy (non-hydrogen) atoms. The molecule has 1 rings (SSSR count). The van der Waals surface area contributed by atoms with Gasteiger partial charge in [0.25, 0.3) is 0 Å². The molecule has 0 aromatic carbocycles. The number of hydrogen-bond acceptors (Lipinski definition) is 0. The zero-order valence-corrected chi connectivity index (χ0v) is 8.18. The lowest BCUT2D eigenvalue weighted by atomic mass is 10.0. The molecule has 0 atom stereocenters. The largest absolute Gasteiger partial charge is 0.379 e. The van der Waals surface area contributed by atoms with Crippen molar-refractivity contribution >= 4 is 0 Å². The Morgan fingerprint density at radius 1 is 0.733 bits per heavy atom. The number of allylic oxidation sites excluding steroid dienone is 2. The van der Waals surface area contributed by atoms with Crippen LogP contribution in [0.5, 0.6) is 0 Å². The second-order valence-corrected chi connectivity index (χ2v) is 3.39. The van der Waals surface area contributed by atoms with E-state index in [0.29, 0.717) is 0 Å². The van der Waals surface area contributed by atoms with Crippen LogP contribution in [0.2, 0.25) is 0 Å². The fraction of sp³-hybridized carbons (Fsp3) is 0.778. The maximum Gasteiger partial charge on any atom is 0.379 e. The summed E-state index contributed by atoms with van der Waals surface area (Å²) < 4.78 is 77.8. The maximum absolute atomic E-state index is 13.0. The summed E-state index contributed by atoms with van der Waals surface area (Å²) in [7, 11) is 0. The van der Waals surface area contributed by atoms with E-state index >= 15 is 0 Å². The minimum atomic E-state index is -5.31. The van der Waals surface area contributed by atoms with Gasteiger partial charge in [-0.05, 0) is 12.8 Å². The molecule has 0 aromatic rings. The van der Waals surface area contributed by atoms with Crippen LogP contribution in [-0.2, 0) is 0 Å². The fourth-order valence-corrected chi connectivity index (χ4v) is 1.83. The first-order valence-corrected chi connectivity index (χ1v) is 4.51. The van der Waals surface area contributed by atoms with Crippen molar-refractivity contribution in [1.29, 1.82) is 0 Å². The maximum atomic E-state index is 13.0. The third-order valence-corrected chi connectivity index (χ3v) is 2.62. The highest BCUT2D eigenvalue weighted by molar-refractivity contribution is 5.40. The highest BCUT2D eigenvalue weighted by Gasteiger charge is 2.78. The standard InChI is InChI=1S/C9H10F6/c1-3-5-6(4-2)8(12,13)9(14,15)7(5,10)11/h3-4H2,1-2H3. The van der Waals surface area contributed by atoms with Crippen LogP contribution < -0.4 is 0 Å². The Morgan fingerprint density at radius 3 is 1.20 bits per heavy atom. The predicted molar refractivity (Wildman–Crippen MR) is 42.4 cm³/mol. The predicted octanol–water partition coefficient (Wildman–Crippen LogP) is 4.02. The van der Waals surface area contributed by atoms with E-state index in [0.717, 1.165) is 13.8 Å². The van der Waals surface area contributed by atoms with Crippen LogP contribution in [0.4, 0.5) is 26.3 Å². The van der Waals surface area contributed by atoms with Gasteiger partial charge in [0.15, 0.2) is 0 Å². The Labute approximate surface area is 83.0 Å². The molecule has 0 heterocycles. The molecule has 0 nitrogen and oxygen atoms in total. The Hall–Kier alpha value is -0.680. The van der Waals surface area contributed by atoms with Crippen molar-refractivity contribution < 1.29 is 26.3 Å². The highest BCUT2D eigenvalue weighted by atomic mass is 19.3. The lowest BCUT2D eigenvalue weighted by Gasteiger charge is -2.25. The van der Waals surface area contributed by atoms with E-state index in [4.69, 9.17) is 0 Å². The van der Waals surface area contributed by atoms with Gasteiger partial charge in [-0.1, -0.05) is 13.8 Å². The van der Waals surface area contributed by atoms with Gasteiger partial charge in [0.1, 0.15) is 0 Å². The number of rotatable bonds is 2. The molecule has 0 saturated heterocycles. The molecular weight excluding hydrogens is 222 g/mol. The molecule has 1 aliphatic rings. The van der Waals surface area contributed by atoms with Crippen LogP contribution in [0.3, 0.4) is 0 Å². The molecule has 0 saturated carbocycles. The third kappa shape index (κ3) is 1.23. The average molecular weight is 232 g/mol. The fourth-order valence-electron chi connectivity index (χ4n) is 1.83. The van der Waals surface area contributed by atoms with Crippen molar-refractivity contribution in [3.63, 3.8) is 0 Å². The van der Waals surface area contributed by atoms with Gasteiger partial charge in [0.05, 0.1) is 0 Å². The molecule has 0 aromatic heterocycles. The smallest absolute Gasteiger partial charge is 0.194 e. The molecule has 0 N–H and O–H groups in total. The summed E-state index contributed by atoms with van der Waals surface area (Å²) in [6.45, 7) is 2.33. The van der Waals surface area contributed by atoms with Crippen molar-refractivity contribution in [2.24, 2.45) is 0 Å². The summed E-state index contributed by atoms with van der Waals surface area (Å²) in [6.07, 6.45) is -0.997. The monoisotopic (exact) mass is 232 g/mol. The quantitative estimate of drug-likeness (QED) is 0.498. The van der Waals surface area contributed by atoms with E-state index < -0.39 is 41.8 Å². The summed E-state index contributed by atoms with van der Waals surface area (Å²) in [5.74, 6) is -14.8. The summed E-state index contributed by atoms with van der Waals surface area (Å²) >= 11 is 0. The van der Waals surface area contributed by atoms with E-state index in [2.05, 4.69) is 0 Å². The molecule has 0 fully saturated rings. The summed E-state index contributed by atoms with van der Waals surface area (Å²) in [5, 5.41) is 0. The van der Waals surface area contributed by atoms with Crippen LogP contribution >= 0.6 is 0 Å². The molecule has 0 spiro atoms. The lowest BCUT2D eigenvalue weighted by Crippen LogP contribution is -2.49. The summed E-state index contributed by atoms with van der Waals surface area (Å²) in [4.78, 5) is 0. The first-order valence-electron chi connectivity index (χ1n) is 4.51. The van der Waals surface area contributed by atoms with Gasteiger partial charge in [0.2, 0.25) is 0 Å². The van der Waals surface area contributed by atoms with E-state index in [9.17, 15) is 26.3 Å². The lowest BCUT2D eigenvalue weighted by molar-refractivity contribution is -0.265. The third-order valence-electron chi connectivity index (χ3n) is 2.62. The van der Waals surface area contributed by atoms with Gasteiger partial charge in [0, 0.05) is 11.1 Å². The second kappa shape index (κ2) is 3.15. The zero-order valence-electron chi connectivity index (χ0n) is 8.18. The minimum absolute atomic E-state index is 0.499. The Morgan fingerprint density at radius 2 is 1.00 bits per heavy atom. The van der Waals surface area contributed by atoms with Crippen molar-refractivity contribution in [2.75, 3.05) is 0 Å². The average Bonchev–Trinajstić information content (AvgIpc) is 2.20.